The molecule has 3 rings (SSSR count). The Morgan fingerprint density at radius 2 is 1.38 bits per heavy atom. The molecule has 0 aliphatic heterocycles. The number of halogens is 3. The quantitative estimate of drug-likeness (QED) is 0.634. The fraction of sp³-hybridized carbons (Fsp3) is 0. The molecule has 0 bridgehead atoms. The topological polar surface area (TPSA) is 17.1 Å². The lowest BCUT2D eigenvalue weighted by Crippen LogP contribution is -2.06. The third kappa shape index (κ3) is 2.18. The van der Waals surface area contributed by atoms with Crippen LogP contribution < -0.4 is 0 Å². The number of ketones is 1. The van der Waals surface area contributed by atoms with Gasteiger partial charge in [0.2, 0.25) is 0 Å². The second kappa shape index (κ2) is 5.05. The largest absolute Gasteiger partial charge is 0.288 e. The van der Waals surface area contributed by atoms with Crippen LogP contribution in [0, 0.1) is 17.5 Å². The minimum Gasteiger partial charge on any atom is -0.288 e. The molecule has 0 aliphatic rings. The monoisotopic (exact) mass is 286 g/mol. The molecule has 3 aromatic rings. The van der Waals surface area contributed by atoms with Crippen LogP contribution in [0.2, 0.25) is 0 Å². The van der Waals surface area contributed by atoms with Gasteiger partial charge in [-0.3, -0.25) is 4.79 Å². The first-order valence-corrected chi connectivity index (χ1v) is 6.25. The van der Waals surface area contributed by atoms with Gasteiger partial charge in [-0.1, -0.05) is 30.3 Å². The van der Waals surface area contributed by atoms with Crippen molar-refractivity contribution in [2.75, 3.05) is 0 Å². The van der Waals surface area contributed by atoms with Gasteiger partial charge in [-0.25, -0.2) is 13.2 Å². The van der Waals surface area contributed by atoms with E-state index in [1.165, 1.54) is 24.3 Å². The number of hydrogen-bond donors (Lipinski definition) is 0. The molecule has 1 nitrogen and oxygen atoms in total. The van der Waals surface area contributed by atoms with Crippen molar-refractivity contribution in [1.29, 1.82) is 0 Å². The van der Waals surface area contributed by atoms with E-state index in [4.69, 9.17) is 0 Å². The lowest BCUT2D eigenvalue weighted by Gasteiger charge is -2.08. The third-order valence-corrected chi connectivity index (χ3v) is 3.31. The Balaban J connectivity index is 2.23. The number of fused-ring (bicyclic) bond motifs is 1. The second-order valence-electron chi connectivity index (χ2n) is 4.57. The maximum Gasteiger partial charge on any atom is 0.196 e. The van der Waals surface area contributed by atoms with Crippen LogP contribution in [0.15, 0.2) is 54.6 Å². The zero-order chi connectivity index (χ0) is 15.0. The molecule has 0 atom stereocenters. The van der Waals surface area contributed by atoms with Crippen molar-refractivity contribution in [1.82, 2.24) is 0 Å². The van der Waals surface area contributed by atoms with Gasteiger partial charge in [0, 0.05) is 10.9 Å². The number of carbonyl (C=O) groups excluding carboxylic acids is 1. The summed E-state index contributed by atoms with van der Waals surface area (Å²) in [5, 5.41) is 0.631. The summed E-state index contributed by atoms with van der Waals surface area (Å²) in [7, 11) is 0. The molecule has 104 valence electrons. The minimum atomic E-state index is -1.20. The molecule has 0 saturated carbocycles. The highest BCUT2D eigenvalue weighted by molar-refractivity contribution is 6.16. The molecule has 0 radical (unpaired) electrons. The molecule has 0 amide bonds. The zero-order valence-electron chi connectivity index (χ0n) is 10.7. The lowest BCUT2D eigenvalue weighted by atomic mass is 9.96. The van der Waals surface area contributed by atoms with Crippen molar-refractivity contribution >= 4 is 16.6 Å². The summed E-state index contributed by atoms with van der Waals surface area (Å²) in [5.41, 5.74) is -0.233. The molecule has 0 heterocycles. The smallest absolute Gasteiger partial charge is 0.196 e. The van der Waals surface area contributed by atoms with Crippen molar-refractivity contribution in [2.45, 2.75) is 0 Å². The SMILES string of the molecule is O=C(c1cccc(F)c1F)c1ccc(F)c2ccccc12. The Morgan fingerprint density at radius 1 is 0.667 bits per heavy atom. The van der Waals surface area contributed by atoms with Crippen LogP contribution in [0.25, 0.3) is 10.8 Å². The van der Waals surface area contributed by atoms with Gasteiger partial charge >= 0.3 is 0 Å². The van der Waals surface area contributed by atoms with Crippen LogP contribution in [-0.2, 0) is 0 Å². The maximum absolute atomic E-state index is 13.7. The molecule has 0 saturated heterocycles. The van der Waals surface area contributed by atoms with Crippen molar-refractivity contribution < 1.29 is 18.0 Å². The van der Waals surface area contributed by atoms with E-state index in [1.807, 2.05) is 0 Å². The third-order valence-electron chi connectivity index (χ3n) is 3.31. The van der Waals surface area contributed by atoms with E-state index in [1.54, 1.807) is 18.2 Å². The second-order valence-corrected chi connectivity index (χ2v) is 4.57. The molecule has 0 unspecified atom stereocenters. The van der Waals surface area contributed by atoms with E-state index >= 15 is 0 Å². The normalized spacial score (nSPS) is 10.8. The fourth-order valence-electron chi connectivity index (χ4n) is 2.28. The summed E-state index contributed by atoms with van der Waals surface area (Å²) in [5.74, 6) is -3.44. The van der Waals surface area contributed by atoms with Gasteiger partial charge in [0.05, 0.1) is 5.56 Å². The van der Waals surface area contributed by atoms with Gasteiger partial charge in [0.15, 0.2) is 17.4 Å². The molecule has 0 aromatic heterocycles. The number of carbonyl (C=O) groups is 1. The van der Waals surface area contributed by atoms with Crippen LogP contribution in [0.4, 0.5) is 13.2 Å². The Hall–Kier alpha value is -2.62. The summed E-state index contributed by atoms with van der Waals surface area (Å²) in [6.07, 6.45) is 0. The molecule has 0 aliphatic carbocycles. The standard InChI is InChI=1S/C17H9F3O/c18-14-9-8-12(10-4-1-2-5-11(10)14)17(21)13-6-3-7-15(19)16(13)20/h1-9H. The van der Waals surface area contributed by atoms with Crippen molar-refractivity contribution in [3.05, 3.63) is 83.2 Å². The van der Waals surface area contributed by atoms with Gasteiger partial charge < -0.3 is 0 Å². The molecule has 4 heteroatoms. The van der Waals surface area contributed by atoms with E-state index in [-0.39, 0.29) is 16.5 Å². The van der Waals surface area contributed by atoms with E-state index in [0.717, 1.165) is 12.1 Å². The van der Waals surface area contributed by atoms with E-state index in [2.05, 4.69) is 0 Å². The Morgan fingerprint density at radius 3 is 2.14 bits per heavy atom. The van der Waals surface area contributed by atoms with Crippen LogP contribution in [0.1, 0.15) is 15.9 Å². The summed E-state index contributed by atoms with van der Waals surface area (Å²) in [4.78, 5) is 12.4. The summed E-state index contributed by atoms with van der Waals surface area (Å²) >= 11 is 0. The molecule has 3 aromatic carbocycles. The molecule has 0 N–H and O–H groups in total. The number of benzene rings is 3. The molecule has 0 spiro atoms. The predicted molar refractivity (Wildman–Crippen MR) is 73.7 cm³/mol. The summed E-state index contributed by atoms with van der Waals surface area (Å²) in [6.45, 7) is 0. The Bertz CT molecular complexity index is 856. The Labute approximate surface area is 118 Å². The first-order chi connectivity index (χ1) is 10.1. The van der Waals surface area contributed by atoms with Crippen LogP contribution >= 0.6 is 0 Å². The molecular formula is C17H9F3O. The molecule has 0 fully saturated rings. The summed E-state index contributed by atoms with van der Waals surface area (Å²) in [6, 6.07) is 12.2. The first-order valence-electron chi connectivity index (χ1n) is 6.25. The van der Waals surface area contributed by atoms with Gasteiger partial charge in [0.25, 0.3) is 0 Å². The van der Waals surface area contributed by atoms with Crippen molar-refractivity contribution in [2.24, 2.45) is 0 Å². The van der Waals surface area contributed by atoms with Gasteiger partial charge in [0.1, 0.15) is 5.82 Å². The van der Waals surface area contributed by atoms with Crippen molar-refractivity contribution in [3.8, 4) is 0 Å². The molecule has 21 heavy (non-hydrogen) atoms. The Kier molecular flexibility index (Phi) is 3.22. The predicted octanol–water partition coefficient (Wildman–Crippen LogP) is 4.49. The molecular weight excluding hydrogens is 277 g/mol. The van der Waals surface area contributed by atoms with Crippen LogP contribution in [0.3, 0.4) is 0 Å². The average molecular weight is 286 g/mol. The lowest BCUT2D eigenvalue weighted by molar-refractivity contribution is 0.103. The van der Waals surface area contributed by atoms with E-state index < -0.39 is 23.2 Å². The highest BCUT2D eigenvalue weighted by Gasteiger charge is 2.19. The van der Waals surface area contributed by atoms with Crippen LogP contribution in [-0.4, -0.2) is 5.78 Å². The van der Waals surface area contributed by atoms with Crippen LogP contribution in [0.5, 0.6) is 0 Å². The maximum atomic E-state index is 13.7. The van der Waals surface area contributed by atoms with E-state index in [9.17, 15) is 18.0 Å². The zero-order valence-corrected chi connectivity index (χ0v) is 10.7. The summed E-state index contributed by atoms with van der Waals surface area (Å²) < 4.78 is 40.7. The van der Waals surface area contributed by atoms with Gasteiger partial charge in [-0.05, 0) is 29.7 Å². The van der Waals surface area contributed by atoms with E-state index in [0.29, 0.717) is 5.39 Å². The van der Waals surface area contributed by atoms with Crippen molar-refractivity contribution in [3.63, 3.8) is 0 Å². The number of hydrogen-bond acceptors (Lipinski definition) is 1. The average Bonchev–Trinajstić information content (AvgIpc) is 2.50. The highest BCUT2D eigenvalue weighted by atomic mass is 19.2. The van der Waals surface area contributed by atoms with Gasteiger partial charge in [-0.2, -0.15) is 0 Å². The first kappa shape index (κ1) is 13.4. The van der Waals surface area contributed by atoms with Gasteiger partial charge in [-0.15, -0.1) is 0 Å². The fourth-order valence-corrected chi connectivity index (χ4v) is 2.28. The minimum absolute atomic E-state index is 0.136. The number of rotatable bonds is 2. The highest BCUT2D eigenvalue weighted by Crippen LogP contribution is 2.25.